The zero-order valence-corrected chi connectivity index (χ0v) is 14.5. The lowest BCUT2D eigenvalue weighted by molar-refractivity contribution is 0.184. The number of benzene rings is 2. The van der Waals surface area contributed by atoms with Gasteiger partial charge in [-0.3, -0.25) is 4.99 Å². The molecule has 1 heterocycles. The van der Waals surface area contributed by atoms with E-state index in [1.807, 2.05) is 48.5 Å². The van der Waals surface area contributed by atoms with Gasteiger partial charge in [-0.2, -0.15) is 0 Å². The van der Waals surface area contributed by atoms with Crippen molar-refractivity contribution in [3.63, 3.8) is 0 Å². The van der Waals surface area contributed by atoms with E-state index in [1.54, 1.807) is 13.3 Å². The highest BCUT2D eigenvalue weighted by atomic mass is 16.5. The molecule has 1 unspecified atom stereocenters. The van der Waals surface area contributed by atoms with Crippen LogP contribution in [0, 0.1) is 0 Å². The van der Waals surface area contributed by atoms with Crippen LogP contribution in [0.25, 0.3) is 10.9 Å². The molecule has 3 rings (SSSR count). The van der Waals surface area contributed by atoms with Crippen LogP contribution in [0.3, 0.4) is 0 Å². The summed E-state index contributed by atoms with van der Waals surface area (Å²) in [5.74, 6) is 0.133. The number of aromatic amines is 1. The van der Waals surface area contributed by atoms with E-state index < -0.39 is 0 Å². The van der Waals surface area contributed by atoms with E-state index in [0.29, 0.717) is 18.2 Å². The molecule has 0 fully saturated rings. The smallest absolute Gasteiger partial charge is 0.198 e. The molecule has 0 bridgehead atoms. The second kappa shape index (κ2) is 7.85. The molecule has 130 valence electrons. The number of rotatable bonds is 7. The number of fused-ring (bicyclic) bond motifs is 1. The number of methoxy groups -OCH3 is 1. The van der Waals surface area contributed by atoms with Gasteiger partial charge in [-0.15, -0.1) is 0 Å². The Bertz CT molecular complexity index is 853. The van der Waals surface area contributed by atoms with E-state index in [-0.39, 0.29) is 5.88 Å². The van der Waals surface area contributed by atoms with E-state index in [1.165, 1.54) is 0 Å². The molecule has 1 aromatic heterocycles. The number of nitrogens with one attached hydrogen (secondary N) is 2. The number of para-hydroxylation sites is 1. The van der Waals surface area contributed by atoms with Gasteiger partial charge < -0.3 is 20.1 Å². The first-order valence-electron chi connectivity index (χ1n) is 8.40. The van der Waals surface area contributed by atoms with Crippen molar-refractivity contribution in [2.45, 2.75) is 19.4 Å². The number of anilines is 1. The van der Waals surface area contributed by atoms with Crippen molar-refractivity contribution in [2.75, 3.05) is 19.0 Å². The second-order valence-corrected chi connectivity index (χ2v) is 5.94. The minimum atomic E-state index is 0.133. The molecule has 0 aliphatic rings. The highest BCUT2D eigenvalue weighted by Gasteiger charge is 2.08. The van der Waals surface area contributed by atoms with Gasteiger partial charge in [-0.1, -0.05) is 25.1 Å². The average Bonchev–Trinajstić information content (AvgIpc) is 2.96. The first-order valence-corrected chi connectivity index (χ1v) is 8.40. The van der Waals surface area contributed by atoms with Crippen molar-refractivity contribution in [1.29, 1.82) is 0 Å². The first kappa shape index (κ1) is 17.0. The molecule has 0 spiro atoms. The maximum absolute atomic E-state index is 10.1. The van der Waals surface area contributed by atoms with Crippen molar-refractivity contribution < 1.29 is 9.84 Å². The summed E-state index contributed by atoms with van der Waals surface area (Å²) in [6.45, 7) is 2.80. The molecular formula is C20H23N3O2. The third kappa shape index (κ3) is 4.00. The summed E-state index contributed by atoms with van der Waals surface area (Å²) in [6.07, 6.45) is 2.68. The van der Waals surface area contributed by atoms with Gasteiger partial charge in [-0.05, 0) is 36.8 Å². The fourth-order valence-electron chi connectivity index (χ4n) is 2.76. The molecule has 3 aromatic rings. The van der Waals surface area contributed by atoms with Crippen molar-refractivity contribution >= 4 is 28.5 Å². The highest BCUT2D eigenvalue weighted by Crippen LogP contribution is 2.26. The number of ether oxygens (including phenoxy) is 1. The van der Waals surface area contributed by atoms with E-state index in [0.717, 1.165) is 28.7 Å². The maximum Gasteiger partial charge on any atom is 0.198 e. The molecule has 5 heteroatoms. The van der Waals surface area contributed by atoms with Crippen molar-refractivity contribution in [3.8, 4) is 5.88 Å². The second-order valence-electron chi connectivity index (χ2n) is 5.94. The van der Waals surface area contributed by atoms with E-state index in [2.05, 4.69) is 22.2 Å². The van der Waals surface area contributed by atoms with Gasteiger partial charge in [0.1, 0.15) is 0 Å². The Morgan fingerprint density at radius 3 is 2.68 bits per heavy atom. The molecule has 0 aliphatic heterocycles. The van der Waals surface area contributed by atoms with Gasteiger partial charge in [0, 0.05) is 36.0 Å². The summed E-state index contributed by atoms with van der Waals surface area (Å²) in [4.78, 5) is 7.43. The molecule has 5 nitrogen and oxygen atoms in total. The maximum atomic E-state index is 10.1. The van der Waals surface area contributed by atoms with Crippen molar-refractivity contribution in [3.05, 3.63) is 54.1 Å². The van der Waals surface area contributed by atoms with Crippen LogP contribution in [0.2, 0.25) is 0 Å². The Morgan fingerprint density at radius 1 is 1.20 bits per heavy atom. The minimum Gasteiger partial charge on any atom is -0.494 e. The summed E-state index contributed by atoms with van der Waals surface area (Å²) >= 11 is 0. The van der Waals surface area contributed by atoms with Gasteiger partial charge >= 0.3 is 0 Å². The van der Waals surface area contributed by atoms with Gasteiger partial charge in [0.2, 0.25) is 0 Å². The molecule has 0 amide bonds. The van der Waals surface area contributed by atoms with Gasteiger partial charge in [0.25, 0.3) is 0 Å². The van der Waals surface area contributed by atoms with Crippen LogP contribution in [0.15, 0.2) is 53.5 Å². The van der Waals surface area contributed by atoms with Crippen LogP contribution in [0.5, 0.6) is 5.88 Å². The molecule has 0 saturated carbocycles. The van der Waals surface area contributed by atoms with Gasteiger partial charge in [0.15, 0.2) is 5.88 Å². The van der Waals surface area contributed by atoms with Crippen LogP contribution >= 0.6 is 0 Å². The number of H-pyrrole nitrogens is 1. The normalized spacial score (nSPS) is 12.7. The van der Waals surface area contributed by atoms with Gasteiger partial charge in [-0.25, -0.2) is 0 Å². The standard InChI is InChI=1S/C20H23N3O2/c1-3-14(13-25-2)22-16-10-8-15(9-11-16)21-12-18-17-6-4-5-7-19(17)23-20(18)24/h4-12,14,22-24H,3,13H2,1-2H3. The fraction of sp³-hybridized carbons (Fsp3) is 0.250. The third-order valence-corrected chi connectivity index (χ3v) is 4.17. The monoisotopic (exact) mass is 337 g/mol. The Morgan fingerprint density at radius 2 is 1.96 bits per heavy atom. The third-order valence-electron chi connectivity index (χ3n) is 4.17. The Labute approximate surface area is 147 Å². The quantitative estimate of drug-likeness (QED) is 0.557. The number of aliphatic imine (C=N–C) groups is 1. The largest absolute Gasteiger partial charge is 0.494 e. The predicted octanol–water partition coefficient (Wildman–Crippen LogP) is 4.46. The van der Waals surface area contributed by atoms with E-state index in [9.17, 15) is 5.11 Å². The lowest BCUT2D eigenvalue weighted by Gasteiger charge is -2.17. The summed E-state index contributed by atoms with van der Waals surface area (Å²) in [5.41, 5.74) is 3.46. The summed E-state index contributed by atoms with van der Waals surface area (Å²) in [5, 5.41) is 14.5. The number of hydrogen-bond donors (Lipinski definition) is 3. The van der Waals surface area contributed by atoms with Gasteiger partial charge in [0.05, 0.1) is 17.9 Å². The minimum absolute atomic E-state index is 0.133. The predicted molar refractivity (Wildman–Crippen MR) is 103 cm³/mol. The zero-order chi connectivity index (χ0) is 17.6. The van der Waals surface area contributed by atoms with E-state index in [4.69, 9.17) is 4.74 Å². The van der Waals surface area contributed by atoms with Crippen LogP contribution in [0.4, 0.5) is 11.4 Å². The first-order chi connectivity index (χ1) is 12.2. The number of hydrogen-bond acceptors (Lipinski definition) is 4. The van der Waals surface area contributed by atoms with Crippen LogP contribution in [-0.4, -0.2) is 36.1 Å². The summed E-state index contributed by atoms with van der Waals surface area (Å²) < 4.78 is 5.20. The number of aromatic nitrogens is 1. The fourth-order valence-corrected chi connectivity index (χ4v) is 2.76. The number of nitrogens with zero attached hydrogens (tertiary/aromatic N) is 1. The lowest BCUT2D eigenvalue weighted by atomic mass is 10.2. The van der Waals surface area contributed by atoms with Crippen LogP contribution in [-0.2, 0) is 4.74 Å². The molecular weight excluding hydrogens is 314 g/mol. The summed E-state index contributed by atoms with van der Waals surface area (Å²) in [6, 6.07) is 15.9. The number of aromatic hydroxyl groups is 1. The SMILES string of the molecule is CCC(COC)Nc1ccc(N=Cc2c(O)[nH]c3ccccc23)cc1. The average molecular weight is 337 g/mol. The Kier molecular flexibility index (Phi) is 5.36. The lowest BCUT2D eigenvalue weighted by Crippen LogP contribution is -2.23. The Hall–Kier alpha value is -2.79. The molecule has 0 saturated heterocycles. The molecule has 25 heavy (non-hydrogen) atoms. The molecule has 2 aromatic carbocycles. The summed E-state index contributed by atoms with van der Waals surface area (Å²) in [7, 11) is 1.71. The zero-order valence-electron chi connectivity index (χ0n) is 14.5. The molecule has 3 N–H and O–H groups in total. The van der Waals surface area contributed by atoms with Crippen LogP contribution < -0.4 is 5.32 Å². The molecule has 1 atom stereocenters. The Balaban J connectivity index is 1.74. The van der Waals surface area contributed by atoms with Crippen LogP contribution in [0.1, 0.15) is 18.9 Å². The topological polar surface area (TPSA) is 69.6 Å². The van der Waals surface area contributed by atoms with Crippen molar-refractivity contribution in [1.82, 2.24) is 4.98 Å². The molecule has 0 radical (unpaired) electrons. The van der Waals surface area contributed by atoms with E-state index >= 15 is 0 Å². The van der Waals surface area contributed by atoms with Crippen molar-refractivity contribution in [2.24, 2.45) is 4.99 Å². The molecule has 0 aliphatic carbocycles. The highest BCUT2D eigenvalue weighted by molar-refractivity contribution is 6.02.